The summed E-state index contributed by atoms with van der Waals surface area (Å²) in [4.78, 5) is 2.23. The zero-order valence-electron chi connectivity index (χ0n) is 8.34. The fourth-order valence-electron chi connectivity index (χ4n) is 0.641. The summed E-state index contributed by atoms with van der Waals surface area (Å²) in [6, 6.07) is 0.578. The van der Waals surface area contributed by atoms with Crippen molar-refractivity contribution in [3.8, 4) is 0 Å². The van der Waals surface area contributed by atoms with Gasteiger partial charge in [-0.2, -0.15) is 0 Å². The van der Waals surface area contributed by atoms with Crippen LogP contribution in [0.2, 0.25) is 0 Å². The number of hydrogen-bond acceptors (Lipinski definition) is 2. The standard InChI is InChI=1S/C8H19N2O.Y/c1-8(2)10(3)5-7-11-6-4-9;/h8-9H,4-7H2,1-3H3;/q-1;. The van der Waals surface area contributed by atoms with Crippen LogP contribution in [0.1, 0.15) is 13.8 Å². The zero-order chi connectivity index (χ0) is 8.69. The maximum atomic E-state index is 6.83. The van der Waals surface area contributed by atoms with Gasteiger partial charge in [0.15, 0.2) is 0 Å². The van der Waals surface area contributed by atoms with Crippen LogP contribution in [0.15, 0.2) is 0 Å². The van der Waals surface area contributed by atoms with Crippen molar-refractivity contribution in [1.82, 2.24) is 4.90 Å². The van der Waals surface area contributed by atoms with Gasteiger partial charge in [-0.25, -0.2) is 0 Å². The van der Waals surface area contributed by atoms with Crippen molar-refractivity contribution in [2.45, 2.75) is 19.9 Å². The molecule has 0 aliphatic carbocycles. The molecule has 0 bridgehead atoms. The second-order valence-corrected chi connectivity index (χ2v) is 2.94. The van der Waals surface area contributed by atoms with Crippen LogP contribution < -0.4 is 0 Å². The molecule has 0 heterocycles. The van der Waals surface area contributed by atoms with Gasteiger partial charge in [-0.1, -0.05) is 0 Å². The Bertz CT molecular complexity index is 91.1. The van der Waals surface area contributed by atoms with E-state index >= 15 is 0 Å². The van der Waals surface area contributed by atoms with E-state index in [-0.39, 0.29) is 32.7 Å². The molecule has 0 aromatic rings. The first-order valence-electron chi connectivity index (χ1n) is 4.11. The molecule has 12 heavy (non-hydrogen) atoms. The van der Waals surface area contributed by atoms with Crippen molar-refractivity contribution >= 4 is 0 Å². The number of rotatable bonds is 6. The second-order valence-electron chi connectivity index (χ2n) is 2.94. The fourth-order valence-corrected chi connectivity index (χ4v) is 0.641. The Morgan fingerprint density at radius 2 is 1.92 bits per heavy atom. The molecular weight excluding hydrogens is 229 g/mol. The monoisotopic (exact) mass is 248 g/mol. The quantitative estimate of drug-likeness (QED) is 0.666. The molecule has 0 aromatic heterocycles. The van der Waals surface area contributed by atoms with E-state index in [1.807, 2.05) is 0 Å². The van der Waals surface area contributed by atoms with Crippen molar-refractivity contribution < 1.29 is 37.4 Å². The number of nitrogens with one attached hydrogen (secondary N) is 1. The maximum Gasteiger partial charge on any atom is 0.0592 e. The molecule has 0 aliphatic rings. The van der Waals surface area contributed by atoms with Crippen LogP contribution in [0.3, 0.4) is 0 Å². The topological polar surface area (TPSA) is 36.3 Å². The van der Waals surface area contributed by atoms with E-state index in [4.69, 9.17) is 10.5 Å². The summed E-state index contributed by atoms with van der Waals surface area (Å²) < 4.78 is 5.17. The van der Waals surface area contributed by atoms with Crippen LogP contribution in [0.25, 0.3) is 5.73 Å². The minimum absolute atomic E-state index is 0. The molecule has 0 aliphatic heterocycles. The van der Waals surface area contributed by atoms with Crippen LogP contribution in [-0.2, 0) is 37.4 Å². The van der Waals surface area contributed by atoms with Crippen LogP contribution in [0, 0.1) is 0 Å². The third-order valence-corrected chi connectivity index (χ3v) is 1.72. The van der Waals surface area contributed by atoms with Gasteiger partial charge in [0.25, 0.3) is 0 Å². The summed E-state index contributed by atoms with van der Waals surface area (Å²) in [6.45, 7) is 6.94. The third kappa shape index (κ3) is 9.07. The normalized spacial score (nSPS) is 10.5. The van der Waals surface area contributed by atoms with E-state index < -0.39 is 0 Å². The van der Waals surface area contributed by atoms with Gasteiger partial charge in [0.2, 0.25) is 0 Å². The molecule has 0 aromatic carbocycles. The van der Waals surface area contributed by atoms with Crippen LogP contribution in [0.5, 0.6) is 0 Å². The van der Waals surface area contributed by atoms with Gasteiger partial charge in [0.1, 0.15) is 0 Å². The first-order valence-corrected chi connectivity index (χ1v) is 4.11. The SMILES string of the molecule is CC(C)N(C)CCOCC[NH-].[Y]. The van der Waals surface area contributed by atoms with E-state index in [9.17, 15) is 0 Å². The molecule has 0 fully saturated rings. The molecule has 1 radical (unpaired) electrons. The molecule has 0 atom stereocenters. The Kier molecular flexibility index (Phi) is 13.0. The second kappa shape index (κ2) is 10.1. The number of nitrogens with zero attached hydrogens (tertiary/aromatic N) is 1. The Hall–Kier alpha value is 0.984. The van der Waals surface area contributed by atoms with Crippen molar-refractivity contribution in [3.63, 3.8) is 0 Å². The zero-order valence-corrected chi connectivity index (χ0v) is 11.2. The van der Waals surface area contributed by atoms with Gasteiger partial charge in [0.05, 0.1) is 6.61 Å². The van der Waals surface area contributed by atoms with Gasteiger partial charge < -0.3 is 15.4 Å². The Labute approximate surface area is 101 Å². The van der Waals surface area contributed by atoms with Crippen LogP contribution in [-0.4, -0.2) is 44.3 Å². The van der Waals surface area contributed by atoms with Crippen molar-refractivity contribution in [2.75, 3.05) is 33.4 Å². The van der Waals surface area contributed by atoms with Crippen LogP contribution in [0.4, 0.5) is 0 Å². The van der Waals surface area contributed by atoms with E-state index in [0.29, 0.717) is 19.2 Å². The smallest absolute Gasteiger partial charge is 0.0592 e. The van der Waals surface area contributed by atoms with Crippen molar-refractivity contribution in [2.24, 2.45) is 0 Å². The average Bonchev–Trinajstić information content (AvgIpc) is 1.97. The molecule has 71 valence electrons. The van der Waals surface area contributed by atoms with E-state index in [0.717, 1.165) is 13.2 Å². The number of likely N-dealkylation sites (N-methyl/N-ethyl adjacent to an activating group) is 1. The Balaban J connectivity index is 0. The fraction of sp³-hybridized carbons (Fsp3) is 1.00. The van der Waals surface area contributed by atoms with E-state index in [1.54, 1.807) is 0 Å². The van der Waals surface area contributed by atoms with E-state index in [1.165, 1.54) is 0 Å². The number of ether oxygens (including phenoxy) is 1. The van der Waals surface area contributed by atoms with E-state index in [2.05, 4.69) is 25.8 Å². The molecule has 4 heteroatoms. The molecule has 0 rings (SSSR count). The van der Waals surface area contributed by atoms with Gasteiger partial charge in [-0.15, -0.1) is 6.54 Å². The minimum Gasteiger partial charge on any atom is -0.676 e. The predicted octanol–water partition coefficient (Wildman–Crippen LogP) is 1.39. The summed E-state index contributed by atoms with van der Waals surface area (Å²) in [6.07, 6.45) is 0. The molecule has 0 spiro atoms. The van der Waals surface area contributed by atoms with Crippen molar-refractivity contribution in [3.05, 3.63) is 5.73 Å². The Morgan fingerprint density at radius 3 is 2.33 bits per heavy atom. The first kappa shape index (κ1) is 15.5. The third-order valence-electron chi connectivity index (χ3n) is 1.72. The van der Waals surface area contributed by atoms with Crippen LogP contribution >= 0.6 is 0 Å². The molecule has 0 saturated heterocycles. The average molecular weight is 248 g/mol. The number of hydrogen-bond donors (Lipinski definition) is 0. The summed E-state index contributed by atoms with van der Waals surface area (Å²) in [5, 5.41) is 0. The first-order chi connectivity index (χ1) is 5.18. The van der Waals surface area contributed by atoms with Crippen molar-refractivity contribution in [1.29, 1.82) is 0 Å². The predicted molar refractivity (Wildman–Crippen MR) is 47.8 cm³/mol. The molecule has 1 N–H and O–H groups in total. The summed E-state index contributed by atoms with van der Waals surface area (Å²) in [5.74, 6) is 0. The molecule has 0 saturated carbocycles. The van der Waals surface area contributed by atoms with Gasteiger partial charge in [0, 0.05) is 51.9 Å². The minimum atomic E-state index is 0. The largest absolute Gasteiger partial charge is 0.676 e. The molecule has 3 nitrogen and oxygen atoms in total. The summed E-state index contributed by atoms with van der Waals surface area (Å²) in [7, 11) is 2.08. The van der Waals surface area contributed by atoms with Gasteiger partial charge in [-0.05, 0) is 20.9 Å². The Morgan fingerprint density at radius 1 is 1.33 bits per heavy atom. The molecule has 0 unspecified atom stereocenters. The summed E-state index contributed by atoms with van der Waals surface area (Å²) in [5.41, 5.74) is 6.83. The summed E-state index contributed by atoms with van der Waals surface area (Å²) >= 11 is 0. The molecule has 0 amide bonds. The van der Waals surface area contributed by atoms with Gasteiger partial charge >= 0.3 is 0 Å². The molecular formula is C8H19N2OY-. The maximum absolute atomic E-state index is 6.83. The van der Waals surface area contributed by atoms with Gasteiger partial charge in [-0.3, -0.25) is 0 Å².